The number of fused-ring (bicyclic) bond motifs is 2. The van der Waals surface area contributed by atoms with Gasteiger partial charge in [-0.2, -0.15) is 0 Å². The van der Waals surface area contributed by atoms with Gasteiger partial charge in [-0.3, -0.25) is 14.4 Å². The fourth-order valence-corrected chi connectivity index (χ4v) is 6.34. The second-order valence-corrected chi connectivity index (χ2v) is 11.3. The van der Waals surface area contributed by atoms with Crippen molar-refractivity contribution in [2.24, 2.45) is 11.8 Å². The van der Waals surface area contributed by atoms with Crippen molar-refractivity contribution in [1.29, 1.82) is 0 Å². The molecule has 204 valence electrons. The first-order valence-corrected chi connectivity index (χ1v) is 13.4. The highest BCUT2D eigenvalue weighted by Gasteiger charge is 2.72. The third-order valence-corrected chi connectivity index (χ3v) is 7.99. The largest absolute Gasteiger partial charge is 0.494 e. The lowest BCUT2D eigenvalue weighted by Crippen LogP contribution is -2.58. The van der Waals surface area contributed by atoms with E-state index < -0.39 is 35.1 Å². The van der Waals surface area contributed by atoms with Crippen LogP contribution in [0, 0.1) is 11.8 Å². The summed E-state index contributed by atoms with van der Waals surface area (Å²) in [6, 6.07) is 6.42. The Morgan fingerprint density at radius 3 is 2.45 bits per heavy atom. The standard InChI is InChI=1S/C29H37N3O6/c1-5-37-20-12-10-19(11-13-20)30-15-6-9-21-22(25(30)34)23-26(35)31(16-8-18-33)24-27(36)32(28(2,3)4)17-7-14-29(23,24)38-21/h6-7,9-14,21-24,33H,5,8,15-18H2,1-4H3/t21-,22+,23+,24?,29+/m1/s1. The zero-order valence-corrected chi connectivity index (χ0v) is 22.5. The summed E-state index contributed by atoms with van der Waals surface area (Å²) in [4.78, 5) is 47.3. The average molecular weight is 524 g/mol. The van der Waals surface area contributed by atoms with Gasteiger partial charge in [-0.25, -0.2) is 0 Å². The van der Waals surface area contributed by atoms with E-state index in [0.717, 1.165) is 0 Å². The van der Waals surface area contributed by atoms with E-state index in [0.29, 0.717) is 37.6 Å². The molecule has 4 aliphatic heterocycles. The van der Waals surface area contributed by atoms with Crippen LogP contribution in [-0.4, -0.2) is 88.8 Å². The molecule has 5 rings (SSSR count). The Balaban J connectivity index is 1.55. The van der Waals surface area contributed by atoms with Gasteiger partial charge in [-0.15, -0.1) is 0 Å². The van der Waals surface area contributed by atoms with Crippen LogP contribution in [0.4, 0.5) is 5.69 Å². The third-order valence-electron chi connectivity index (χ3n) is 7.99. The Morgan fingerprint density at radius 2 is 1.79 bits per heavy atom. The number of hydrogen-bond acceptors (Lipinski definition) is 6. The van der Waals surface area contributed by atoms with Crippen LogP contribution in [0.3, 0.4) is 0 Å². The summed E-state index contributed by atoms with van der Waals surface area (Å²) in [6.45, 7) is 9.18. The van der Waals surface area contributed by atoms with Crippen LogP contribution in [0.15, 0.2) is 48.6 Å². The van der Waals surface area contributed by atoms with Crippen LogP contribution in [-0.2, 0) is 19.1 Å². The zero-order valence-electron chi connectivity index (χ0n) is 22.5. The molecule has 1 unspecified atom stereocenters. The summed E-state index contributed by atoms with van der Waals surface area (Å²) >= 11 is 0. The number of ether oxygens (including phenoxy) is 2. The van der Waals surface area contributed by atoms with Gasteiger partial charge in [-0.1, -0.05) is 24.3 Å². The van der Waals surface area contributed by atoms with Crippen LogP contribution < -0.4 is 9.64 Å². The fraction of sp³-hybridized carbons (Fsp3) is 0.552. The first-order chi connectivity index (χ1) is 18.1. The van der Waals surface area contributed by atoms with Crippen molar-refractivity contribution in [3.8, 4) is 5.75 Å². The molecule has 1 aromatic rings. The van der Waals surface area contributed by atoms with Gasteiger partial charge in [0.2, 0.25) is 17.7 Å². The Morgan fingerprint density at radius 1 is 1.05 bits per heavy atom. The second kappa shape index (κ2) is 9.85. The SMILES string of the molecule is CCOc1ccc(N2CC=C[C@H]3O[C@]45C=CCN(C(C)(C)C)C(=O)C4N(CCCO)C(=O)[C@@H]5[C@H]3C2=O)cc1. The lowest BCUT2D eigenvalue weighted by atomic mass is 9.77. The summed E-state index contributed by atoms with van der Waals surface area (Å²) in [5.41, 5.74) is -1.03. The van der Waals surface area contributed by atoms with E-state index in [2.05, 4.69) is 0 Å². The molecule has 0 saturated carbocycles. The molecule has 38 heavy (non-hydrogen) atoms. The molecule has 0 aromatic heterocycles. The predicted molar refractivity (Wildman–Crippen MR) is 141 cm³/mol. The molecule has 0 bridgehead atoms. The number of nitrogens with zero attached hydrogens (tertiary/aromatic N) is 3. The first-order valence-electron chi connectivity index (χ1n) is 13.4. The highest BCUT2D eigenvalue weighted by Crippen LogP contribution is 2.54. The number of rotatable bonds is 6. The lowest BCUT2D eigenvalue weighted by Gasteiger charge is -2.40. The number of aliphatic hydroxyl groups excluding tert-OH is 1. The lowest BCUT2D eigenvalue weighted by molar-refractivity contribution is -0.150. The topological polar surface area (TPSA) is 99.6 Å². The van der Waals surface area contributed by atoms with Gasteiger partial charge < -0.3 is 29.3 Å². The van der Waals surface area contributed by atoms with Crippen molar-refractivity contribution in [2.75, 3.05) is 37.7 Å². The minimum absolute atomic E-state index is 0.110. The van der Waals surface area contributed by atoms with Gasteiger partial charge in [-0.05, 0) is 58.4 Å². The molecule has 2 saturated heterocycles. The summed E-state index contributed by atoms with van der Waals surface area (Å²) in [6.07, 6.45) is 7.19. The highest BCUT2D eigenvalue weighted by atomic mass is 16.5. The van der Waals surface area contributed by atoms with Crippen molar-refractivity contribution in [3.63, 3.8) is 0 Å². The number of benzene rings is 1. The molecular weight excluding hydrogens is 486 g/mol. The van der Waals surface area contributed by atoms with E-state index in [1.807, 2.05) is 76.3 Å². The highest BCUT2D eigenvalue weighted by molar-refractivity contribution is 6.03. The molecule has 0 aliphatic carbocycles. The van der Waals surface area contributed by atoms with Gasteiger partial charge in [0.05, 0.1) is 24.5 Å². The number of aliphatic hydroxyl groups is 1. The number of anilines is 1. The first kappa shape index (κ1) is 26.4. The molecule has 0 radical (unpaired) electrons. The smallest absolute Gasteiger partial charge is 0.249 e. The Kier molecular flexibility index (Phi) is 6.86. The van der Waals surface area contributed by atoms with Crippen LogP contribution in [0.5, 0.6) is 5.75 Å². The van der Waals surface area contributed by atoms with Crippen molar-refractivity contribution >= 4 is 23.4 Å². The van der Waals surface area contributed by atoms with Crippen LogP contribution in [0.2, 0.25) is 0 Å². The molecule has 9 nitrogen and oxygen atoms in total. The summed E-state index contributed by atoms with van der Waals surface area (Å²) < 4.78 is 12.2. The predicted octanol–water partition coefficient (Wildman–Crippen LogP) is 2.15. The van der Waals surface area contributed by atoms with E-state index in [1.165, 1.54) is 4.90 Å². The maximum Gasteiger partial charge on any atom is 0.249 e. The molecule has 1 aromatic carbocycles. The van der Waals surface area contributed by atoms with Crippen LogP contribution >= 0.6 is 0 Å². The number of carbonyl (C=O) groups excluding carboxylic acids is 3. The second-order valence-electron chi connectivity index (χ2n) is 11.3. The normalized spacial score (nSPS) is 30.8. The maximum atomic E-state index is 14.2. The monoisotopic (exact) mass is 523 g/mol. The average Bonchev–Trinajstić information content (AvgIpc) is 3.17. The zero-order chi connectivity index (χ0) is 27.2. The van der Waals surface area contributed by atoms with Crippen LogP contribution in [0.1, 0.15) is 34.1 Å². The molecule has 9 heteroatoms. The Labute approximate surface area is 223 Å². The fourth-order valence-electron chi connectivity index (χ4n) is 6.34. The van der Waals surface area contributed by atoms with Gasteiger partial charge in [0.15, 0.2) is 0 Å². The van der Waals surface area contributed by atoms with Crippen molar-refractivity contribution in [2.45, 2.75) is 57.4 Å². The Hall–Kier alpha value is -3.17. The number of amides is 3. The molecule has 3 amide bonds. The van der Waals surface area contributed by atoms with E-state index in [9.17, 15) is 19.5 Å². The molecule has 4 heterocycles. The van der Waals surface area contributed by atoms with Crippen molar-refractivity contribution < 1.29 is 29.0 Å². The molecule has 4 aliphatic rings. The van der Waals surface area contributed by atoms with E-state index in [4.69, 9.17) is 9.47 Å². The number of carbonyl (C=O) groups is 3. The summed E-state index contributed by atoms with van der Waals surface area (Å²) in [5.74, 6) is -1.61. The molecule has 2 fully saturated rings. The van der Waals surface area contributed by atoms with Crippen molar-refractivity contribution in [3.05, 3.63) is 48.6 Å². The van der Waals surface area contributed by atoms with E-state index >= 15 is 0 Å². The number of hydrogen-bond donors (Lipinski definition) is 1. The maximum absolute atomic E-state index is 14.2. The minimum atomic E-state index is -1.26. The van der Waals surface area contributed by atoms with Crippen molar-refractivity contribution in [1.82, 2.24) is 9.80 Å². The quantitative estimate of drug-likeness (QED) is 0.574. The van der Waals surface area contributed by atoms with E-state index in [-0.39, 0.29) is 30.9 Å². The number of likely N-dealkylation sites (tertiary alicyclic amines) is 1. The van der Waals surface area contributed by atoms with Gasteiger partial charge >= 0.3 is 0 Å². The van der Waals surface area contributed by atoms with Gasteiger partial charge in [0.25, 0.3) is 0 Å². The molecule has 1 N–H and O–H groups in total. The van der Waals surface area contributed by atoms with Gasteiger partial charge in [0, 0.05) is 37.5 Å². The molecule has 5 atom stereocenters. The molecular formula is C29H37N3O6. The summed E-state index contributed by atoms with van der Waals surface area (Å²) in [7, 11) is 0. The van der Waals surface area contributed by atoms with Crippen LogP contribution in [0.25, 0.3) is 0 Å². The minimum Gasteiger partial charge on any atom is -0.494 e. The van der Waals surface area contributed by atoms with Gasteiger partial charge in [0.1, 0.15) is 17.4 Å². The summed E-state index contributed by atoms with van der Waals surface area (Å²) in [5, 5.41) is 9.54. The Bertz CT molecular complexity index is 1160. The molecule has 1 spiro atoms. The van der Waals surface area contributed by atoms with E-state index in [1.54, 1.807) is 9.80 Å². The third kappa shape index (κ3) is 4.12.